The van der Waals surface area contributed by atoms with Crippen molar-refractivity contribution in [3.63, 3.8) is 0 Å². The first-order chi connectivity index (χ1) is 9.79. The molecule has 1 aromatic heterocycles. The molecule has 0 fully saturated rings. The molecule has 1 aromatic carbocycles. The van der Waals surface area contributed by atoms with Crippen LogP contribution in [0.3, 0.4) is 0 Å². The topological polar surface area (TPSA) is 34.1 Å². The molecule has 1 N–H and O–H groups in total. The SMILES string of the molecule is COCCNCC=Cc1csc(-c2ccc(F)cc2)n1. The Bertz CT molecular complexity index is 551. The second kappa shape index (κ2) is 7.89. The van der Waals surface area contributed by atoms with Gasteiger partial charge in [0, 0.05) is 31.1 Å². The minimum Gasteiger partial charge on any atom is -0.383 e. The van der Waals surface area contributed by atoms with Crippen molar-refractivity contribution in [3.05, 3.63) is 47.2 Å². The maximum atomic E-state index is 12.9. The molecule has 0 aliphatic rings. The van der Waals surface area contributed by atoms with Gasteiger partial charge in [0.25, 0.3) is 0 Å². The van der Waals surface area contributed by atoms with Crippen molar-refractivity contribution in [1.82, 2.24) is 10.3 Å². The lowest BCUT2D eigenvalue weighted by Gasteiger charge is -1.98. The van der Waals surface area contributed by atoms with Crippen molar-refractivity contribution in [2.24, 2.45) is 0 Å². The molecule has 20 heavy (non-hydrogen) atoms. The summed E-state index contributed by atoms with van der Waals surface area (Å²) in [7, 11) is 1.68. The molecule has 0 aliphatic heterocycles. The van der Waals surface area contributed by atoms with E-state index < -0.39 is 0 Å². The van der Waals surface area contributed by atoms with Gasteiger partial charge in [-0.25, -0.2) is 9.37 Å². The molecule has 1 heterocycles. The van der Waals surface area contributed by atoms with E-state index in [1.807, 2.05) is 17.5 Å². The summed E-state index contributed by atoms with van der Waals surface area (Å²) in [4.78, 5) is 4.50. The highest BCUT2D eigenvalue weighted by Gasteiger charge is 2.02. The van der Waals surface area contributed by atoms with Crippen LogP contribution in [0.4, 0.5) is 4.39 Å². The van der Waals surface area contributed by atoms with Crippen molar-refractivity contribution in [2.75, 3.05) is 26.8 Å². The van der Waals surface area contributed by atoms with Gasteiger partial charge in [-0.3, -0.25) is 0 Å². The first-order valence-electron chi connectivity index (χ1n) is 6.37. The van der Waals surface area contributed by atoms with Crippen LogP contribution in [0.5, 0.6) is 0 Å². The van der Waals surface area contributed by atoms with Crippen LogP contribution in [0.2, 0.25) is 0 Å². The molecule has 106 valence electrons. The summed E-state index contributed by atoms with van der Waals surface area (Å²) < 4.78 is 17.8. The van der Waals surface area contributed by atoms with Crippen molar-refractivity contribution in [1.29, 1.82) is 0 Å². The van der Waals surface area contributed by atoms with Crippen LogP contribution in [-0.2, 0) is 4.74 Å². The number of thiazole rings is 1. The summed E-state index contributed by atoms with van der Waals surface area (Å²) in [5.41, 5.74) is 1.86. The molecule has 0 spiro atoms. The fraction of sp³-hybridized carbons (Fsp3) is 0.267. The zero-order valence-corrected chi connectivity index (χ0v) is 12.1. The van der Waals surface area contributed by atoms with E-state index in [1.165, 1.54) is 12.1 Å². The predicted molar refractivity (Wildman–Crippen MR) is 81.3 cm³/mol. The van der Waals surface area contributed by atoms with Crippen LogP contribution in [-0.4, -0.2) is 31.8 Å². The highest BCUT2D eigenvalue weighted by molar-refractivity contribution is 7.13. The fourth-order valence-corrected chi connectivity index (χ4v) is 2.42. The Labute approximate surface area is 122 Å². The number of methoxy groups -OCH3 is 1. The number of nitrogens with zero attached hydrogens (tertiary/aromatic N) is 1. The number of rotatable bonds is 7. The van der Waals surface area contributed by atoms with Crippen LogP contribution in [0, 0.1) is 5.82 Å². The molecule has 0 atom stereocenters. The minimum atomic E-state index is -0.229. The van der Waals surface area contributed by atoms with Gasteiger partial charge in [0.1, 0.15) is 10.8 Å². The first kappa shape index (κ1) is 14.8. The Kier molecular flexibility index (Phi) is 5.86. The van der Waals surface area contributed by atoms with Gasteiger partial charge in [0.15, 0.2) is 0 Å². The van der Waals surface area contributed by atoms with Gasteiger partial charge in [-0.1, -0.05) is 6.08 Å². The van der Waals surface area contributed by atoms with Gasteiger partial charge in [0.2, 0.25) is 0 Å². The lowest BCUT2D eigenvalue weighted by Crippen LogP contribution is -2.18. The average molecular weight is 292 g/mol. The molecular formula is C15H17FN2OS. The van der Waals surface area contributed by atoms with E-state index in [4.69, 9.17) is 4.74 Å². The summed E-state index contributed by atoms with van der Waals surface area (Å²) >= 11 is 1.56. The molecule has 2 aromatic rings. The summed E-state index contributed by atoms with van der Waals surface area (Å²) in [5.74, 6) is -0.229. The third kappa shape index (κ3) is 4.52. The summed E-state index contributed by atoms with van der Waals surface area (Å²) in [6.45, 7) is 2.32. The maximum Gasteiger partial charge on any atom is 0.124 e. The Balaban J connectivity index is 1.89. The predicted octanol–water partition coefficient (Wildman–Crippen LogP) is 3.20. The highest BCUT2D eigenvalue weighted by Crippen LogP contribution is 2.24. The Morgan fingerprint density at radius 3 is 2.90 bits per heavy atom. The number of hydrogen-bond acceptors (Lipinski definition) is 4. The van der Waals surface area contributed by atoms with Crippen molar-refractivity contribution in [3.8, 4) is 10.6 Å². The molecule has 2 rings (SSSR count). The lowest BCUT2D eigenvalue weighted by atomic mass is 10.2. The number of nitrogens with one attached hydrogen (secondary N) is 1. The van der Waals surface area contributed by atoms with Gasteiger partial charge >= 0.3 is 0 Å². The minimum absolute atomic E-state index is 0.229. The molecule has 0 bridgehead atoms. The van der Waals surface area contributed by atoms with Crippen LogP contribution in [0.1, 0.15) is 5.69 Å². The van der Waals surface area contributed by atoms with Gasteiger partial charge in [-0.15, -0.1) is 11.3 Å². The maximum absolute atomic E-state index is 12.9. The summed E-state index contributed by atoms with van der Waals surface area (Å²) in [5, 5.41) is 6.11. The van der Waals surface area contributed by atoms with E-state index in [2.05, 4.69) is 10.3 Å². The van der Waals surface area contributed by atoms with Crippen LogP contribution < -0.4 is 5.32 Å². The van der Waals surface area contributed by atoms with Crippen LogP contribution in [0.25, 0.3) is 16.6 Å². The number of ether oxygens (including phenoxy) is 1. The normalized spacial score (nSPS) is 11.3. The number of aromatic nitrogens is 1. The van der Waals surface area contributed by atoms with Crippen molar-refractivity contribution >= 4 is 17.4 Å². The monoisotopic (exact) mass is 292 g/mol. The van der Waals surface area contributed by atoms with Gasteiger partial charge in [-0.2, -0.15) is 0 Å². The molecule has 3 nitrogen and oxygen atoms in total. The zero-order chi connectivity index (χ0) is 14.2. The fourth-order valence-electron chi connectivity index (χ4n) is 1.63. The van der Waals surface area contributed by atoms with Crippen LogP contribution in [0.15, 0.2) is 35.7 Å². The summed E-state index contributed by atoms with van der Waals surface area (Å²) in [6.07, 6.45) is 4.00. The molecule has 0 saturated carbocycles. The zero-order valence-electron chi connectivity index (χ0n) is 11.3. The Morgan fingerprint density at radius 1 is 1.35 bits per heavy atom. The van der Waals surface area contributed by atoms with E-state index in [9.17, 15) is 4.39 Å². The van der Waals surface area contributed by atoms with Gasteiger partial charge < -0.3 is 10.1 Å². The lowest BCUT2D eigenvalue weighted by molar-refractivity contribution is 0.200. The highest BCUT2D eigenvalue weighted by atomic mass is 32.1. The average Bonchev–Trinajstić information content (AvgIpc) is 2.92. The third-order valence-corrected chi connectivity index (χ3v) is 3.56. The molecule has 0 amide bonds. The second-order valence-corrected chi connectivity index (χ2v) is 5.04. The Morgan fingerprint density at radius 2 is 2.15 bits per heavy atom. The van der Waals surface area contributed by atoms with E-state index in [0.717, 1.165) is 29.4 Å². The van der Waals surface area contributed by atoms with E-state index in [1.54, 1.807) is 30.6 Å². The van der Waals surface area contributed by atoms with Gasteiger partial charge in [0.05, 0.1) is 12.3 Å². The molecule has 5 heteroatoms. The van der Waals surface area contributed by atoms with E-state index in [0.29, 0.717) is 6.61 Å². The first-order valence-corrected chi connectivity index (χ1v) is 7.25. The number of benzene rings is 1. The van der Waals surface area contributed by atoms with E-state index in [-0.39, 0.29) is 5.82 Å². The van der Waals surface area contributed by atoms with E-state index >= 15 is 0 Å². The number of hydrogen-bond donors (Lipinski definition) is 1. The van der Waals surface area contributed by atoms with Crippen LogP contribution >= 0.6 is 11.3 Å². The molecule has 0 unspecified atom stereocenters. The number of halogens is 1. The third-order valence-electron chi connectivity index (χ3n) is 2.65. The summed E-state index contributed by atoms with van der Waals surface area (Å²) in [6, 6.07) is 6.39. The van der Waals surface area contributed by atoms with Gasteiger partial charge in [-0.05, 0) is 30.3 Å². The molecule has 0 aliphatic carbocycles. The van der Waals surface area contributed by atoms with Crippen molar-refractivity contribution in [2.45, 2.75) is 0 Å². The smallest absolute Gasteiger partial charge is 0.124 e. The standard InChI is InChI=1S/C15H17FN2OS/c1-19-10-9-17-8-2-3-14-11-20-15(18-14)12-4-6-13(16)7-5-12/h2-7,11,17H,8-10H2,1H3. The largest absolute Gasteiger partial charge is 0.383 e. The second-order valence-electron chi connectivity index (χ2n) is 4.18. The van der Waals surface area contributed by atoms with Crippen molar-refractivity contribution < 1.29 is 9.13 Å². The quantitative estimate of drug-likeness (QED) is 0.796. The molecule has 0 saturated heterocycles. The molecular weight excluding hydrogens is 275 g/mol. The molecule has 0 radical (unpaired) electrons. The Hall–Kier alpha value is -1.56.